The van der Waals surface area contributed by atoms with Crippen molar-refractivity contribution in [3.05, 3.63) is 23.8 Å². The largest absolute Gasteiger partial charge is 0.497 e. The summed E-state index contributed by atoms with van der Waals surface area (Å²) in [5, 5.41) is 3.29. The van der Waals surface area contributed by atoms with Gasteiger partial charge in [0, 0.05) is 37.7 Å². The van der Waals surface area contributed by atoms with Crippen molar-refractivity contribution in [1.82, 2.24) is 10.2 Å². The number of methoxy groups -OCH3 is 2. The van der Waals surface area contributed by atoms with Crippen LogP contribution in [-0.4, -0.2) is 50.1 Å². The van der Waals surface area contributed by atoms with Gasteiger partial charge in [-0.25, -0.2) is 0 Å². The summed E-state index contributed by atoms with van der Waals surface area (Å²) < 4.78 is 10.6. The van der Waals surface area contributed by atoms with E-state index in [1.165, 1.54) is 39.0 Å². The van der Waals surface area contributed by atoms with Gasteiger partial charge in [0.05, 0.1) is 20.8 Å². The molecule has 1 saturated heterocycles. The molecule has 2 amide bonds. The minimum Gasteiger partial charge on any atom is -0.497 e. The molecule has 0 radical (unpaired) electrons. The van der Waals surface area contributed by atoms with E-state index in [1.807, 2.05) is 18.2 Å². The summed E-state index contributed by atoms with van der Waals surface area (Å²) in [5.41, 5.74) is 5.50. The molecule has 1 saturated carbocycles. The van der Waals surface area contributed by atoms with E-state index in [9.17, 15) is 9.59 Å². The number of fused-ring (bicyclic) bond motifs is 1. The number of carbonyl (C=O) groups excluding carboxylic acids is 2. The standard InChI is InChI=1S/C20H30N2O3.C2H5NO/c1-24-17-10-9-16(19(12-17)25-2)13-21-14-20(23)22-11-5-7-15-6-3-4-8-18(15)22;1-2(3)4/h9-10,12,15,18,21H,3-8,11,13-14H2,1-2H3;1H3,(H2,3,4)/t15?,18-;/m0./s1. The number of likely N-dealkylation sites (tertiary alicyclic amines) is 1. The number of primary amides is 1. The molecule has 2 aliphatic rings. The van der Waals surface area contributed by atoms with E-state index in [0.29, 0.717) is 19.1 Å². The van der Waals surface area contributed by atoms with Gasteiger partial charge in [-0.15, -0.1) is 0 Å². The number of nitrogens with two attached hydrogens (primary N) is 1. The molecule has 1 unspecified atom stereocenters. The SMILES string of the molecule is CC(N)=O.COc1ccc(CNCC(=O)N2CCCC3CCCC[C@@H]32)c(OC)c1. The maximum absolute atomic E-state index is 12.7. The zero-order valence-corrected chi connectivity index (χ0v) is 17.9. The number of hydrogen-bond acceptors (Lipinski definition) is 5. The Balaban J connectivity index is 0.000000687. The Hall–Kier alpha value is -2.28. The van der Waals surface area contributed by atoms with Crippen LogP contribution in [0.2, 0.25) is 0 Å². The Morgan fingerprint density at radius 2 is 1.83 bits per heavy atom. The van der Waals surface area contributed by atoms with Crippen LogP contribution in [0, 0.1) is 5.92 Å². The molecule has 162 valence electrons. The van der Waals surface area contributed by atoms with Crippen LogP contribution in [-0.2, 0) is 16.1 Å². The van der Waals surface area contributed by atoms with Crippen molar-refractivity contribution in [2.45, 2.75) is 58.0 Å². The van der Waals surface area contributed by atoms with Gasteiger partial charge in [-0.05, 0) is 37.7 Å². The van der Waals surface area contributed by atoms with Crippen molar-refractivity contribution in [1.29, 1.82) is 0 Å². The normalized spacial score (nSPS) is 20.7. The highest BCUT2D eigenvalue weighted by Crippen LogP contribution is 2.35. The first-order valence-corrected chi connectivity index (χ1v) is 10.4. The number of piperidine rings is 1. The van der Waals surface area contributed by atoms with Gasteiger partial charge in [0.25, 0.3) is 0 Å². The van der Waals surface area contributed by atoms with Crippen molar-refractivity contribution in [3.63, 3.8) is 0 Å². The third-order valence-electron chi connectivity index (χ3n) is 5.65. The van der Waals surface area contributed by atoms with Crippen LogP contribution in [0.25, 0.3) is 0 Å². The fourth-order valence-corrected chi connectivity index (χ4v) is 4.34. The van der Waals surface area contributed by atoms with Crippen molar-refractivity contribution in [2.24, 2.45) is 11.7 Å². The fraction of sp³-hybridized carbons (Fsp3) is 0.636. The Labute approximate surface area is 173 Å². The summed E-state index contributed by atoms with van der Waals surface area (Å²) in [4.78, 5) is 24.1. The molecule has 1 aliphatic heterocycles. The molecule has 0 bridgehead atoms. The molecule has 1 aromatic carbocycles. The highest BCUT2D eigenvalue weighted by molar-refractivity contribution is 5.78. The van der Waals surface area contributed by atoms with Gasteiger partial charge in [0.15, 0.2) is 0 Å². The molecule has 0 aromatic heterocycles. The summed E-state index contributed by atoms with van der Waals surface area (Å²) in [6.45, 7) is 3.23. The molecule has 1 heterocycles. The molecule has 1 aliphatic carbocycles. The molecular formula is C22H35N3O4. The molecule has 7 heteroatoms. The molecule has 0 spiro atoms. The second-order valence-electron chi connectivity index (χ2n) is 7.73. The Morgan fingerprint density at radius 3 is 2.52 bits per heavy atom. The molecule has 3 N–H and O–H groups in total. The van der Waals surface area contributed by atoms with Gasteiger partial charge in [-0.2, -0.15) is 0 Å². The topological polar surface area (TPSA) is 93.9 Å². The molecule has 2 fully saturated rings. The van der Waals surface area contributed by atoms with E-state index < -0.39 is 0 Å². The zero-order valence-electron chi connectivity index (χ0n) is 17.9. The lowest BCUT2D eigenvalue weighted by atomic mass is 9.78. The number of nitrogens with zero attached hydrogens (tertiary/aromatic N) is 1. The number of ether oxygens (including phenoxy) is 2. The smallest absolute Gasteiger partial charge is 0.236 e. The third kappa shape index (κ3) is 6.92. The van der Waals surface area contributed by atoms with E-state index in [1.54, 1.807) is 14.2 Å². The number of nitrogens with one attached hydrogen (secondary N) is 1. The van der Waals surface area contributed by atoms with Gasteiger partial charge in [-0.1, -0.05) is 18.9 Å². The lowest BCUT2D eigenvalue weighted by molar-refractivity contribution is -0.136. The second kappa shape index (κ2) is 11.7. The quantitative estimate of drug-likeness (QED) is 0.758. The van der Waals surface area contributed by atoms with Gasteiger partial charge < -0.3 is 25.4 Å². The van der Waals surface area contributed by atoms with Gasteiger partial charge in [-0.3, -0.25) is 9.59 Å². The Bertz CT molecular complexity index is 674. The first kappa shape index (κ1) is 23.0. The fourth-order valence-electron chi connectivity index (χ4n) is 4.34. The monoisotopic (exact) mass is 405 g/mol. The van der Waals surface area contributed by atoms with E-state index in [0.717, 1.165) is 35.9 Å². The average Bonchev–Trinajstić information content (AvgIpc) is 2.73. The predicted octanol–water partition coefficient (Wildman–Crippen LogP) is 2.47. The summed E-state index contributed by atoms with van der Waals surface area (Å²) >= 11 is 0. The number of hydrogen-bond donors (Lipinski definition) is 2. The van der Waals surface area contributed by atoms with Crippen molar-refractivity contribution < 1.29 is 19.1 Å². The molecule has 7 nitrogen and oxygen atoms in total. The van der Waals surface area contributed by atoms with Crippen LogP contribution in [0.3, 0.4) is 0 Å². The zero-order chi connectivity index (χ0) is 21.2. The van der Waals surface area contributed by atoms with Gasteiger partial charge in [0.1, 0.15) is 11.5 Å². The van der Waals surface area contributed by atoms with Crippen molar-refractivity contribution in [2.75, 3.05) is 27.3 Å². The number of benzene rings is 1. The summed E-state index contributed by atoms with van der Waals surface area (Å²) in [6.07, 6.45) is 7.53. The molecule has 3 rings (SSSR count). The van der Waals surface area contributed by atoms with Crippen molar-refractivity contribution >= 4 is 11.8 Å². The third-order valence-corrected chi connectivity index (χ3v) is 5.65. The van der Waals surface area contributed by atoms with Crippen molar-refractivity contribution in [3.8, 4) is 11.5 Å². The molecule has 2 atom stereocenters. The first-order valence-electron chi connectivity index (χ1n) is 10.4. The van der Waals surface area contributed by atoms with Gasteiger partial charge >= 0.3 is 0 Å². The van der Waals surface area contributed by atoms with E-state index in [4.69, 9.17) is 9.47 Å². The maximum Gasteiger partial charge on any atom is 0.236 e. The van der Waals surface area contributed by atoms with Crippen LogP contribution in [0.1, 0.15) is 51.0 Å². The Kier molecular flexibility index (Phi) is 9.25. The summed E-state index contributed by atoms with van der Waals surface area (Å²) in [7, 11) is 3.29. The Morgan fingerprint density at radius 1 is 1.14 bits per heavy atom. The highest BCUT2D eigenvalue weighted by atomic mass is 16.5. The first-order chi connectivity index (χ1) is 14.0. The molecular weight excluding hydrogens is 370 g/mol. The number of carbonyl (C=O) groups is 2. The highest BCUT2D eigenvalue weighted by Gasteiger charge is 2.35. The van der Waals surface area contributed by atoms with Crippen LogP contribution in [0.5, 0.6) is 11.5 Å². The van der Waals surface area contributed by atoms with E-state index >= 15 is 0 Å². The lowest BCUT2D eigenvalue weighted by Crippen LogP contribution is -2.51. The number of rotatable bonds is 6. The number of amides is 2. The van der Waals surface area contributed by atoms with Crippen LogP contribution < -0.4 is 20.5 Å². The maximum atomic E-state index is 12.7. The second-order valence-corrected chi connectivity index (χ2v) is 7.73. The minimum absolute atomic E-state index is 0.240. The van der Waals surface area contributed by atoms with E-state index in [-0.39, 0.29) is 11.8 Å². The minimum atomic E-state index is -0.333. The van der Waals surface area contributed by atoms with Gasteiger partial charge in [0.2, 0.25) is 11.8 Å². The van der Waals surface area contributed by atoms with Crippen LogP contribution in [0.15, 0.2) is 18.2 Å². The van der Waals surface area contributed by atoms with Crippen LogP contribution in [0.4, 0.5) is 0 Å². The average molecular weight is 406 g/mol. The predicted molar refractivity (Wildman–Crippen MR) is 113 cm³/mol. The molecule has 1 aromatic rings. The summed E-state index contributed by atoms with van der Waals surface area (Å²) in [6, 6.07) is 6.24. The van der Waals surface area contributed by atoms with E-state index in [2.05, 4.69) is 16.0 Å². The molecule has 29 heavy (non-hydrogen) atoms. The summed E-state index contributed by atoms with van der Waals surface area (Å²) in [5.74, 6) is 2.19. The van der Waals surface area contributed by atoms with Crippen LogP contribution >= 0.6 is 0 Å². The lowest BCUT2D eigenvalue weighted by Gasteiger charge is -2.44.